The molecule has 0 radical (unpaired) electrons. The summed E-state index contributed by atoms with van der Waals surface area (Å²) in [7, 11) is 0. The van der Waals surface area contributed by atoms with Gasteiger partial charge in [-0.2, -0.15) is 0 Å². The Morgan fingerprint density at radius 3 is 2.56 bits per heavy atom. The molecule has 2 N–H and O–H groups in total. The van der Waals surface area contributed by atoms with Gasteiger partial charge in [0.05, 0.1) is 5.41 Å². The van der Waals surface area contributed by atoms with Crippen molar-refractivity contribution in [1.82, 2.24) is 0 Å². The molecule has 52 valence electrons. The lowest BCUT2D eigenvalue weighted by Crippen LogP contribution is -2.14. The second kappa shape index (κ2) is 1.70. The van der Waals surface area contributed by atoms with Crippen LogP contribution in [0, 0.1) is 11.3 Å². The standard InChI is InChI=1S/C6H10O3/c1-6(5(8)9)2-4(6)3-7/h4,7H,2-3H2,1H3,(H,8,9)/t4-,6-/m1/s1. The van der Waals surface area contributed by atoms with Crippen LogP contribution in [0.2, 0.25) is 0 Å². The van der Waals surface area contributed by atoms with Crippen LogP contribution < -0.4 is 0 Å². The molecule has 2 atom stereocenters. The fourth-order valence-corrected chi connectivity index (χ4v) is 0.981. The average molecular weight is 130 g/mol. The third-order valence-electron chi connectivity index (χ3n) is 2.12. The Kier molecular flexibility index (Phi) is 1.24. The third-order valence-corrected chi connectivity index (χ3v) is 2.12. The maximum Gasteiger partial charge on any atom is 0.309 e. The third kappa shape index (κ3) is 0.812. The molecule has 1 saturated carbocycles. The summed E-state index contributed by atoms with van der Waals surface area (Å²) >= 11 is 0. The highest BCUT2D eigenvalue weighted by Gasteiger charge is 2.55. The molecule has 1 aliphatic carbocycles. The van der Waals surface area contributed by atoms with Gasteiger partial charge in [-0.15, -0.1) is 0 Å². The van der Waals surface area contributed by atoms with Gasteiger partial charge in [-0.1, -0.05) is 0 Å². The van der Waals surface area contributed by atoms with Crippen LogP contribution in [0.5, 0.6) is 0 Å². The number of aliphatic hydroxyl groups excluding tert-OH is 1. The van der Waals surface area contributed by atoms with E-state index in [1.165, 1.54) is 0 Å². The van der Waals surface area contributed by atoms with Crippen molar-refractivity contribution in [2.45, 2.75) is 13.3 Å². The van der Waals surface area contributed by atoms with Gasteiger partial charge in [0.2, 0.25) is 0 Å². The van der Waals surface area contributed by atoms with E-state index in [1.54, 1.807) is 6.92 Å². The first-order valence-corrected chi connectivity index (χ1v) is 2.95. The van der Waals surface area contributed by atoms with E-state index in [2.05, 4.69) is 0 Å². The average Bonchev–Trinajstić information content (AvgIpc) is 2.44. The van der Waals surface area contributed by atoms with E-state index in [9.17, 15) is 4.79 Å². The number of carboxylic acids is 1. The highest BCUT2D eigenvalue weighted by Crippen LogP contribution is 2.51. The van der Waals surface area contributed by atoms with Crippen molar-refractivity contribution in [2.24, 2.45) is 11.3 Å². The van der Waals surface area contributed by atoms with Gasteiger partial charge in [-0.05, 0) is 19.3 Å². The van der Waals surface area contributed by atoms with Crippen LogP contribution in [0.4, 0.5) is 0 Å². The molecule has 3 nitrogen and oxygen atoms in total. The van der Waals surface area contributed by atoms with Crippen molar-refractivity contribution in [2.75, 3.05) is 6.61 Å². The van der Waals surface area contributed by atoms with Crippen molar-refractivity contribution in [3.05, 3.63) is 0 Å². The van der Waals surface area contributed by atoms with Crippen molar-refractivity contribution >= 4 is 5.97 Å². The van der Waals surface area contributed by atoms with E-state index < -0.39 is 11.4 Å². The van der Waals surface area contributed by atoms with E-state index in [0.29, 0.717) is 6.42 Å². The minimum Gasteiger partial charge on any atom is -0.481 e. The lowest BCUT2D eigenvalue weighted by molar-refractivity contribution is -0.143. The van der Waals surface area contributed by atoms with E-state index in [1.807, 2.05) is 0 Å². The molecule has 1 rings (SSSR count). The smallest absolute Gasteiger partial charge is 0.309 e. The highest BCUT2D eigenvalue weighted by molar-refractivity contribution is 5.78. The number of hydrogen-bond acceptors (Lipinski definition) is 2. The van der Waals surface area contributed by atoms with Gasteiger partial charge in [-0.3, -0.25) is 4.79 Å². The fourth-order valence-electron chi connectivity index (χ4n) is 0.981. The second-order valence-electron chi connectivity index (χ2n) is 2.81. The van der Waals surface area contributed by atoms with Crippen LogP contribution >= 0.6 is 0 Å². The number of rotatable bonds is 2. The number of carbonyl (C=O) groups is 1. The summed E-state index contributed by atoms with van der Waals surface area (Å²) in [6.07, 6.45) is 0.624. The maximum absolute atomic E-state index is 10.3. The molecule has 0 aliphatic heterocycles. The van der Waals surface area contributed by atoms with Gasteiger partial charge in [0.1, 0.15) is 0 Å². The molecular weight excluding hydrogens is 120 g/mol. The molecule has 0 unspecified atom stereocenters. The highest BCUT2D eigenvalue weighted by atomic mass is 16.4. The summed E-state index contributed by atoms with van der Waals surface area (Å²) in [6.45, 7) is 1.67. The van der Waals surface area contributed by atoms with E-state index in [0.717, 1.165) is 0 Å². The molecule has 0 aromatic heterocycles. The molecule has 9 heavy (non-hydrogen) atoms. The van der Waals surface area contributed by atoms with Crippen LogP contribution in [0.3, 0.4) is 0 Å². The van der Waals surface area contributed by atoms with E-state index >= 15 is 0 Å². The summed E-state index contributed by atoms with van der Waals surface area (Å²) in [4.78, 5) is 10.3. The second-order valence-corrected chi connectivity index (χ2v) is 2.81. The Morgan fingerprint density at radius 2 is 2.44 bits per heavy atom. The first kappa shape index (κ1) is 6.55. The summed E-state index contributed by atoms with van der Waals surface area (Å²) in [6, 6.07) is 0. The molecule has 0 saturated heterocycles. The zero-order chi connectivity index (χ0) is 7.07. The predicted octanol–water partition coefficient (Wildman–Crippen LogP) is 0.0895. The quantitative estimate of drug-likeness (QED) is 0.557. The number of carboxylic acid groups (broad SMARTS) is 1. The number of aliphatic carboxylic acids is 1. The van der Waals surface area contributed by atoms with Crippen molar-refractivity contribution in [3.63, 3.8) is 0 Å². The van der Waals surface area contributed by atoms with Crippen LogP contribution in [-0.2, 0) is 4.79 Å². The molecule has 0 aromatic carbocycles. The molecule has 0 aromatic rings. The Bertz CT molecular complexity index is 143. The van der Waals surface area contributed by atoms with Gasteiger partial charge in [0.15, 0.2) is 0 Å². The first-order chi connectivity index (χ1) is 4.11. The molecule has 0 amide bonds. The largest absolute Gasteiger partial charge is 0.481 e. The fraction of sp³-hybridized carbons (Fsp3) is 0.833. The molecular formula is C6H10O3. The minimum atomic E-state index is -0.790. The number of aliphatic hydroxyl groups is 1. The van der Waals surface area contributed by atoms with Gasteiger partial charge in [0, 0.05) is 6.61 Å². The zero-order valence-corrected chi connectivity index (χ0v) is 5.29. The summed E-state index contributed by atoms with van der Waals surface area (Å²) in [5.41, 5.74) is -0.616. The van der Waals surface area contributed by atoms with Gasteiger partial charge in [0.25, 0.3) is 0 Å². The Hall–Kier alpha value is -0.570. The lowest BCUT2D eigenvalue weighted by atomic mass is 10.1. The molecule has 1 aliphatic rings. The predicted molar refractivity (Wildman–Crippen MR) is 30.9 cm³/mol. The molecule has 1 fully saturated rings. The lowest BCUT2D eigenvalue weighted by Gasteiger charge is -2.00. The monoisotopic (exact) mass is 130 g/mol. The van der Waals surface area contributed by atoms with Crippen LogP contribution in [0.15, 0.2) is 0 Å². The van der Waals surface area contributed by atoms with Crippen LogP contribution in [0.1, 0.15) is 13.3 Å². The molecule has 0 spiro atoms. The van der Waals surface area contributed by atoms with Crippen molar-refractivity contribution in [3.8, 4) is 0 Å². The molecule has 0 bridgehead atoms. The minimum absolute atomic E-state index is 0.00278. The molecule has 0 heterocycles. The van der Waals surface area contributed by atoms with Crippen molar-refractivity contribution < 1.29 is 15.0 Å². The SMILES string of the molecule is C[C@@]1(C(=O)O)C[C@@H]1CO. The van der Waals surface area contributed by atoms with Gasteiger partial charge >= 0.3 is 5.97 Å². The summed E-state index contributed by atoms with van der Waals surface area (Å²) in [5, 5.41) is 17.0. The van der Waals surface area contributed by atoms with E-state index in [-0.39, 0.29) is 12.5 Å². The van der Waals surface area contributed by atoms with E-state index in [4.69, 9.17) is 10.2 Å². The first-order valence-electron chi connectivity index (χ1n) is 2.95. The van der Waals surface area contributed by atoms with Gasteiger partial charge in [-0.25, -0.2) is 0 Å². The summed E-state index contributed by atoms with van der Waals surface area (Å²) < 4.78 is 0. The Balaban J connectivity index is 2.52. The van der Waals surface area contributed by atoms with Gasteiger partial charge < -0.3 is 10.2 Å². The van der Waals surface area contributed by atoms with Crippen LogP contribution in [0.25, 0.3) is 0 Å². The Labute approximate surface area is 53.3 Å². The maximum atomic E-state index is 10.3. The topological polar surface area (TPSA) is 57.5 Å². The normalized spacial score (nSPS) is 40.4. The van der Waals surface area contributed by atoms with Crippen molar-refractivity contribution in [1.29, 1.82) is 0 Å². The van der Waals surface area contributed by atoms with Crippen LogP contribution in [-0.4, -0.2) is 22.8 Å². The zero-order valence-electron chi connectivity index (χ0n) is 5.29. The number of hydrogen-bond donors (Lipinski definition) is 2. The summed E-state index contributed by atoms with van der Waals surface area (Å²) in [5.74, 6) is -0.795. The Morgan fingerprint density at radius 1 is 1.89 bits per heavy atom. The molecule has 3 heteroatoms.